The van der Waals surface area contributed by atoms with E-state index in [0.29, 0.717) is 10.7 Å². The summed E-state index contributed by atoms with van der Waals surface area (Å²) in [7, 11) is 1.27. The third-order valence-corrected chi connectivity index (χ3v) is 3.89. The van der Waals surface area contributed by atoms with Gasteiger partial charge >= 0.3 is 5.97 Å². The quantitative estimate of drug-likeness (QED) is 0.811. The van der Waals surface area contributed by atoms with Gasteiger partial charge in [-0.3, -0.25) is 9.59 Å². The third-order valence-electron chi connectivity index (χ3n) is 3.56. The molecule has 2 rings (SSSR count). The van der Waals surface area contributed by atoms with Crippen LogP contribution in [0.3, 0.4) is 0 Å². The molecule has 1 aliphatic rings. The monoisotopic (exact) mass is 324 g/mol. The summed E-state index contributed by atoms with van der Waals surface area (Å²) in [6.45, 7) is -0.131. The Morgan fingerprint density at radius 2 is 2.05 bits per heavy atom. The fraction of sp³-hybridized carbons (Fsp3) is 0.400. The van der Waals surface area contributed by atoms with Crippen LogP contribution in [0.25, 0.3) is 0 Å². The van der Waals surface area contributed by atoms with Gasteiger partial charge in [0.1, 0.15) is 0 Å². The molecule has 0 spiro atoms. The van der Waals surface area contributed by atoms with Crippen molar-refractivity contribution < 1.29 is 19.1 Å². The van der Waals surface area contributed by atoms with Crippen molar-refractivity contribution in [3.63, 3.8) is 0 Å². The number of carbonyl (C=O) groups excluding carboxylic acids is 3. The van der Waals surface area contributed by atoms with Crippen LogP contribution in [0.4, 0.5) is 5.69 Å². The molecule has 2 N–H and O–H groups in total. The molecule has 0 unspecified atom stereocenters. The summed E-state index contributed by atoms with van der Waals surface area (Å²) in [5.41, 5.74) is 0.577. The lowest BCUT2D eigenvalue weighted by molar-refractivity contribution is -0.129. The van der Waals surface area contributed by atoms with E-state index in [1.807, 2.05) is 0 Å². The molecule has 1 aromatic rings. The average molecular weight is 325 g/mol. The van der Waals surface area contributed by atoms with Crippen LogP contribution < -0.4 is 10.6 Å². The minimum absolute atomic E-state index is 0.0269. The molecular formula is C15H17ClN2O4. The molecule has 6 nitrogen and oxygen atoms in total. The summed E-state index contributed by atoms with van der Waals surface area (Å²) in [6, 6.07) is 4.43. The van der Waals surface area contributed by atoms with Gasteiger partial charge in [-0.15, -0.1) is 0 Å². The number of hydrogen-bond donors (Lipinski definition) is 2. The molecule has 1 fully saturated rings. The van der Waals surface area contributed by atoms with E-state index in [1.165, 1.54) is 25.3 Å². The van der Waals surface area contributed by atoms with Gasteiger partial charge in [-0.25, -0.2) is 4.79 Å². The Labute approximate surface area is 133 Å². The molecule has 0 heterocycles. The van der Waals surface area contributed by atoms with Crippen molar-refractivity contribution in [2.45, 2.75) is 19.3 Å². The van der Waals surface area contributed by atoms with E-state index >= 15 is 0 Å². The van der Waals surface area contributed by atoms with Gasteiger partial charge in [0.25, 0.3) is 0 Å². The average Bonchev–Trinajstić information content (AvgIpc) is 2.45. The molecule has 1 aromatic carbocycles. The summed E-state index contributed by atoms with van der Waals surface area (Å²) in [5, 5.41) is 5.45. The number of esters is 1. The van der Waals surface area contributed by atoms with Crippen molar-refractivity contribution >= 4 is 35.1 Å². The van der Waals surface area contributed by atoms with Gasteiger partial charge in [0, 0.05) is 5.92 Å². The molecule has 0 radical (unpaired) electrons. The van der Waals surface area contributed by atoms with Crippen molar-refractivity contribution in [2.75, 3.05) is 19.0 Å². The second kappa shape index (κ2) is 7.26. The zero-order chi connectivity index (χ0) is 16.1. The zero-order valence-corrected chi connectivity index (χ0v) is 12.9. The van der Waals surface area contributed by atoms with E-state index < -0.39 is 11.9 Å². The summed E-state index contributed by atoms with van der Waals surface area (Å²) < 4.78 is 4.61. The maximum absolute atomic E-state index is 11.8. The molecule has 0 aromatic heterocycles. The molecule has 22 heavy (non-hydrogen) atoms. The first-order valence-electron chi connectivity index (χ1n) is 6.96. The van der Waals surface area contributed by atoms with Crippen LogP contribution >= 0.6 is 11.6 Å². The van der Waals surface area contributed by atoms with E-state index in [2.05, 4.69) is 15.4 Å². The van der Waals surface area contributed by atoms with Crippen LogP contribution in [-0.4, -0.2) is 31.4 Å². The molecule has 0 bridgehead atoms. The first kappa shape index (κ1) is 16.3. The van der Waals surface area contributed by atoms with E-state index in [9.17, 15) is 14.4 Å². The molecule has 0 saturated heterocycles. The first-order chi connectivity index (χ1) is 10.5. The number of methoxy groups -OCH3 is 1. The van der Waals surface area contributed by atoms with Crippen molar-refractivity contribution in [3.05, 3.63) is 28.8 Å². The first-order valence-corrected chi connectivity index (χ1v) is 7.34. The Morgan fingerprint density at radius 3 is 2.64 bits per heavy atom. The SMILES string of the molecule is COC(=O)c1ccc(Cl)c(NC(=O)CNC(=O)C2CCC2)c1. The Balaban J connectivity index is 1.92. The number of hydrogen-bond acceptors (Lipinski definition) is 4. The molecule has 2 amide bonds. The number of nitrogens with one attached hydrogen (secondary N) is 2. The molecule has 7 heteroatoms. The highest BCUT2D eigenvalue weighted by Gasteiger charge is 2.25. The third kappa shape index (κ3) is 3.98. The van der Waals surface area contributed by atoms with E-state index in [4.69, 9.17) is 11.6 Å². The number of carbonyl (C=O) groups is 3. The van der Waals surface area contributed by atoms with Gasteiger partial charge < -0.3 is 15.4 Å². The van der Waals surface area contributed by atoms with Gasteiger partial charge in [-0.1, -0.05) is 18.0 Å². The Kier molecular flexibility index (Phi) is 5.38. The Bertz CT molecular complexity index is 599. The molecule has 118 valence electrons. The lowest BCUT2D eigenvalue weighted by Crippen LogP contribution is -2.39. The predicted molar refractivity (Wildman–Crippen MR) is 81.8 cm³/mol. The predicted octanol–water partition coefficient (Wildman–Crippen LogP) is 1.98. The van der Waals surface area contributed by atoms with Gasteiger partial charge in [0.2, 0.25) is 11.8 Å². The molecule has 0 aliphatic heterocycles. The normalized spacial score (nSPS) is 13.9. The van der Waals surface area contributed by atoms with Gasteiger partial charge in [0.15, 0.2) is 0 Å². The van der Waals surface area contributed by atoms with Crippen molar-refractivity contribution in [1.82, 2.24) is 5.32 Å². The second-order valence-corrected chi connectivity index (χ2v) is 5.49. The number of benzene rings is 1. The largest absolute Gasteiger partial charge is 0.465 e. The molecule has 1 aliphatic carbocycles. The summed E-state index contributed by atoms with van der Waals surface area (Å²) in [4.78, 5) is 35.0. The number of rotatable bonds is 5. The van der Waals surface area contributed by atoms with Crippen molar-refractivity contribution in [3.8, 4) is 0 Å². The van der Waals surface area contributed by atoms with Gasteiger partial charge in [-0.05, 0) is 31.0 Å². The van der Waals surface area contributed by atoms with Crippen LogP contribution in [-0.2, 0) is 14.3 Å². The van der Waals surface area contributed by atoms with Crippen molar-refractivity contribution in [1.29, 1.82) is 0 Å². The van der Waals surface area contributed by atoms with Crippen molar-refractivity contribution in [2.24, 2.45) is 5.92 Å². The standard InChI is InChI=1S/C15H17ClN2O4/c1-22-15(21)10-5-6-11(16)12(7-10)18-13(19)8-17-14(20)9-3-2-4-9/h5-7,9H,2-4,8H2,1H3,(H,17,20)(H,18,19). The highest BCUT2D eigenvalue weighted by molar-refractivity contribution is 6.33. The van der Waals surface area contributed by atoms with Crippen LogP contribution in [0.2, 0.25) is 5.02 Å². The Hall–Kier alpha value is -2.08. The van der Waals surface area contributed by atoms with Crippen LogP contribution in [0.5, 0.6) is 0 Å². The number of ether oxygens (including phenoxy) is 1. The van der Waals surface area contributed by atoms with Crippen LogP contribution in [0, 0.1) is 5.92 Å². The van der Waals surface area contributed by atoms with Crippen LogP contribution in [0.15, 0.2) is 18.2 Å². The molecule has 1 saturated carbocycles. The zero-order valence-electron chi connectivity index (χ0n) is 12.1. The fourth-order valence-electron chi connectivity index (χ4n) is 2.04. The lowest BCUT2D eigenvalue weighted by atomic mass is 9.85. The minimum Gasteiger partial charge on any atom is -0.465 e. The van der Waals surface area contributed by atoms with E-state index in [0.717, 1.165) is 19.3 Å². The second-order valence-electron chi connectivity index (χ2n) is 5.08. The maximum atomic E-state index is 11.8. The maximum Gasteiger partial charge on any atom is 0.337 e. The van der Waals surface area contributed by atoms with Gasteiger partial charge in [-0.2, -0.15) is 0 Å². The van der Waals surface area contributed by atoms with E-state index in [1.54, 1.807) is 0 Å². The van der Waals surface area contributed by atoms with Gasteiger partial charge in [0.05, 0.1) is 29.9 Å². The number of anilines is 1. The Morgan fingerprint density at radius 1 is 1.32 bits per heavy atom. The molecule has 0 atom stereocenters. The summed E-state index contributed by atoms with van der Waals surface area (Å²) >= 11 is 5.98. The van der Waals surface area contributed by atoms with E-state index in [-0.39, 0.29) is 23.9 Å². The highest BCUT2D eigenvalue weighted by atomic mass is 35.5. The lowest BCUT2D eigenvalue weighted by Gasteiger charge is -2.23. The minimum atomic E-state index is -0.523. The number of amides is 2. The smallest absolute Gasteiger partial charge is 0.337 e. The fourth-order valence-corrected chi connectivity index (χ4v) is 2.21. The topological polar surface area (TPSA) is 84.5 Å². The highest BCUT2D eigenvalue weighted by Crippen LogP contribution is 2.26. The number of halogens is 1. The summed E-state index contributed by atoms with van der Waals surface area (Å²) in [6.07, 6.45) is 2.81. The molecular weight excluding hydrogens is 308 g/mol. The van der Waals surface area contributed by atoms with Crippen LogP contribution in [0.1, 0.15) is 29.6 Å². The summed E-state index contributed by atoms with van der Waals surface area (Å²) in [5.74, 6) is -1.00.